The number of ether oxygens (including phenoxy) is 1. The molecule has 1 amide bonds. The number of carbonyl (C=O) groups excluding carboxylic acids is 2. The Morgan fingerprint density at radius 2 is 1.82 bits per heavy atom. The average molecular weight is 402 g/mol. The van der Waals surface area contributed by atoms with Gasteiger partial charge in [0.1, 0.15) is 6.61 Å². The van der Waals surface area contributed by atoms with Crippen molar-refractivity contribution in [2.24, 2.45) is 22.2 Å². The molecule has 0 bridgehead atoms. The van der Waals surface area contributed by atoms with Gasteiger partial charge in [0.2, 0.25) is 0 Å². The fourth-order valence-electron chi connectivity index (χ4n) is 2.48. The van der Waals surface area contributed by atoms with Gasteiger partial charge < -0.3 is 37.9 Å². The van der Waals surface area contributed by atoms with Crippen LogP contribution < -0.4 is 33.2 Å². The molecule has 0 aromatic rings. The van der Waals surface area contributed by atoms with E-state index in [1.54, 1.807) is 0 Å². The number of unbranched alkanes of at least 4 members (excludes halogenated alkanes) is 3. The van der Waals surface area contributed by atoms with Gasteiger partial charge in [-0.3, -0.25) is 9.79 Å². The van der Waals surface area contributed by atoms with Crippen molar-refractivity contribution in [1.29, 1.82) is 0 Å². The minimum atomic E-state index is -0.580. The third-order valence-electron chi connectivity index (χ3n) is 4.03. The van der Waals surface area contributed by atoms with E-state index in [2.05, 4.69) is 20.9 Å². The summed E-state index contributed by atoms with van der Waals surface area (Å²) < 4.78 is 4.70. The summed E-state index contributed by atoms with van der Waals surface area (Å²) in [4.78, 5) is 25.7. The van der Waals surface area contributed by atoms with Crippen molar-refractivity contribution in [3.05, 3.63) is 0 Å². The second-order valence-electron chi connectivity index (χ2n) is 6.82. The lowest BCUT2D eigenvalue weighted by molar-refractivity contribution is -0.110. The van der Waals surface area contributed by atoms with Crippen LogP contribution in [0.4, 0.5) is 4.79 Å². The van der Waals surface area contributed by atoms with E-state index in [-0.39, 0.29) is 24.7 Å². The van der Waals surface area contributed by atoms with Crippen LogP contribution in [0.2, 0.25) is 0 Å². The Bertz CT molecular complexity index is 429. The zero-order chi connectivity index (χ0) is 21.0. The zero-order valence-electron chi connectivity index (χ0n) is 17.1. The van der Waals surface area contributed by atoms with E-state index in [0.29, 0.717) is 19.4 Å². The van der Waals surface area contributed by atoms with Crippen LogP contribution in [0.15, 0.2) is 4.99 Å². The van der Waals surface area contributed by atoms with Crippen molar-refractivity contribution < 1.29 is 14.3 Å². The third kappa shape index (κ3) is 18.9. The van der Waals surface area contributed by atoms with Crippen LogP contribution in [0, 0.1) is 0 Å². The summed E-state index contributed by atoms with van der Waals surface area (Å²) in [5.74, 6) is 0.137. The van der Waals surface area contributed by atoms with Crippen molar-refractivity contribution in [2.45, 2.75) is 57.5 Å². The molecule has 0 rings (SSSR count). The molecule has 28 heavy (non-hydrogen) atoms. The lowest BCUT2D eigenvalue weighted by atomic mass is 10.1. The predicted octanol–water partition coefficient (Wildman–Crippen LogP) is -0.579. The monoisotopic (exact) mass is 401 g/mol. The third-order valence-corrected chi connectivity index (χ3v) is 4.03. The van der Waals surface area contributed by atoms with Gasteiger partial charge in [0.15, 0.2) is 12.2 Å². The summed E-state index contributed by atoms with van der Waals surface area (Å²) in [5, 5.41) is 9.52. The number of rotatable bonds is 18. The molecule has 2 atom stereocenters. The fourth-order valence-corrected chi connectivity index (χ4v) is 2.48. The SMILES string of the molecule is C[C@@H](N)CCNCCC(CNC(=O)OCC=O)NCCCCCCN=C(N)N. The minimum absolute atomic E-state index is 0.119. The highest BCUT2D eigenvalue weighted by atomic mass is 16.5. The van der Waals surface area contributed by atoms with Gasteiger partial charge in [-0.05, 0) is 52.2 Å². The van der Waals surface area contributed by atoms with Gasteiger partial charge in [0, 0.05) is 25.2 Å². The Morgan fingerprint density at radius 1 is 1.11 bits per heavy atom. The van der Waals surface area contributed by atoms with Crippen LogP contribution >= 0.6 is 0 Å². The minimum Gasteiger partial charge on any atom is -0.442 e. The van der Waals surface area contributed by atoms with Gasteiger partial charge >= 0.3 is 6.09 Å². The normalized spacial score (nSPS) is 12.8. The summed E-state index contributed by atoms with van der Waals surface area (Å²) >= 11 is 0. The van der Waals surface area contributed by atoms with Crippen molar-refractivity contribution in [3.63, 3.8) is 0 Å². The number of amides is 1. The number of aldehydes is 1. The molecule has 0 aliphatic carbocycles. The first-order chi connectivity index (χ1) is 13.5. The van der Waals surface area contributed by atoms with Crippen molar-refractivity contribution in [2.75, 3.05) is 39.3 Å². The molecular weight excluding hydrogens is 362 g/mol. The molecule has 10 heteroatoms. The van der Waals surface area contributed by atoms with E-state index >= 15 is 0 Å². The van der Waals surface area contributed by atoms with Crippen LogP contribution in [0.3, 0.4) is 0 Å². The Morgan fingerprint density at radius 3 is 2.50 bits per heavy atom. The van der Waals surface area contributed by atoms with Gasteiger partial charge in [-0.15, -0.1) is 0 Å². The zero-order valence-corrected chi connectivity index (χ0v) is 17.1. The molecule has 10 nitrogen and oxygen atoms in total. The summed E-state index contributed by atoms with van der Waals surface area (Å²) in [6.45, 7) is 5.41. The number of guanidine groups is 1. The summed E-state index contributed by atoms with van der Waals surface area (Å²) in [6, 6.07) is 0.302. The molecule has 1 unspecified atom stereocenters. The molecule has 0 aliphatic heterocycles. The highest BCUT2D eigenvalue weighted by Crippen LogP contribution is 2.00. The van der Waals surface area contributed by atoms with Gasteiger partial charge in [-0.1, -0.05) is 12.8 Å². The highest BCUT2D eigenvalue weighted by molar-refractivity contribution is 5.75. The average Bonchev–Trinajstić information content (AvgIpc) is 2.64. The van der Waals surface area contributed by atoms with E-state index in [9.17, 15) is 9.59 Å². The molecule has 164 valence electrons. The maximum atomic E-state index is 11.5. The Balaban J connectivity index is 4.01. The molecule has 0 aromatic heterocycles. The van der Waals surface area contributed by atoms with Crippen LogP contribution in [-0.2, 0) is 9.53 Å². The Labute approximate surface area is 168 Å². The topological polar surface area (TPSA) is 170 Å². The molecule has 0 heterocycles. The molecule has 0 radical (unpaired) electrons. The molecule has 0 aromatic carbocycles. The Kier molecular flexibility index (Phi) is 17.2. The predicted molar refractivity (Wildman–Crippen MR) is 112 cm³/mol. The second kappa shape index (κ2) is 18.5. The van der Waals surface area contributed by atoms with Gasteiger partial charge in [0.05, 0.1) is 0 Å². The van der Waals surface area contributed by atoms with Crippen LogP contribution in [0.25, 0.3) is 0 Å². The van der Waals surface area contributed by atoms with E-state index in [4.69, 9.17) is 21.9 Å². The lowest BCUT2D eigenvalue weighted by Crippen LogP contribution is -2.43. The van der Waals surface area contributed by atoms with Crippen molar-refractivity contribution in [1.82, 2.24) is 16.0 Å². The fraction of sp³-hybridized carbons (Fsp3) is 0.833. The number of nitrogens with one attached hydrogen (secondary N) is 3. The number of nitrogens with zero attached hydrogens (tertiary/aromatic N) is 1. The second-order valence-corrected chi connectivity index (χ2v) is 6.82. The van der Waals surface area contributed by atoms with Crippen LogP contribution in [0.1, 0.15) is 45.4 Å². The van der Waals surface area contributed by atoms with Gasteiger partial charge in [-0.2, -0.15) is 0 Å². The maximum absolute atomic E-state index is 11.5. The van der Waals surface area contributed by atoms with Gasteiger partial charge in [0.25, 0.3) is 0 Å². The van der Waals surface area contributed by atoms with E-state index < -0.39 is 6.09 Å². The Hall–Kier alpha value is -1.91. The largest absolute Gasteiger partial charge is 0.442 e. The molecule has 0 spiro atoms. The molecular formula is C18H39N7O3. The molecule has 0 saturated carbocycles. The quantitative estimate of drug-likeness (QED) is 0.0766. The first kappa shape index (κ1) is 26.1. The summed E-state index contributed by atoms with van der Waals surface area (Å²) in [6.07, 6.45) is 5.90. The summed E-state index contributed by atoms with van der Waals surface area (Å²) in [7, 11) is 0. The first-order valence-corrected chi connectivity index (χ1v) is 10.0. The number of hydrogen-bond donors (Lipinski definition) is 6. The number of nitrogens with two attached hydrogens (primary N) is 3. The van der Waals surface area contributed by atoms with Crippen LogP contribution in [-0.4, -0.2) is 69.8 Å². The molecule has 9 N–H and O–H groups in total. The standard InChI is InChI=1S/C18H39N7O3/c1-15(19)6-10-22-11-7-16(14-25-18(27)28-13-12-26)23-8-4-2-3-5-9-24-17(20)21/h12,15-16,22-23H,2-11,13-14,19H2,1H3,(H,25,27)(H4,20,21,24)/t15-,16?/m1/s1. The van der Waals surface area contributed by atoms with Crippen molar-refractivity contribution >= 4 is 18.3 Å². The van der Waals surface area contributed by atoms with Crippen LogP contribution in [0.5, 0.6) is 0 Å². The number of aliphatic imine (C=N–C) groups is 1. The molecule has 0 fully saturated rings. The van der Waals surface area contributed by atoms with Crippen molar-refractivity contribution in [3.8, 4) is 0 Å². The summed E-state index contributed by atoms with van der Waals surface area (Å²) in [5.41, 5.74) is 16.3. The number of hydrogen-bond acceptors (Lipinski definition) is 7. The van der Waals surface area contributed by atoms with E-state index in [1.165, 1.54) is 0 Å². The lowest BCUT2D eigenvalue weighted by Gasteiger charge is -2.20. The maximum Gasteiger partial charge on any atom is 0.407 e. The van der Waals surface area contributed by atoms with Gasteiger partial charge in [-0.25, -0.2) is 4.79 Å². The number of alkyl carbamates (subject to hydrolysis) is 1. The highest BCUT2D eigenvalue weighted by Gasteiger charge is 2.10. The van der Waals surface area contributed by atoms with E-state index in [1.807, 2.05) is 6.92 Å². The molecule has 0 saturated heterocycles. The smallest absolute Gasteiger partial charge is 0.407 e. The molecule has 0 aliphatic rings. The number of carbonyl (C=O) groups is 2. The first-order valence-electron chi connectivity index (χ1n) is 10.0. The van der Waals surface area contributed by atoms with E-state index in [0.717, 1.165) is 58.2 Å².